The molecule has 1 amide bonds. The molecule has 1 N–H and O–H groups in total. The molecule has 1 aromatic carbocycles. The number of hydrogen-bond acceptors (Lipinski definition) is 5. The first-order valence-corrected chi connectivity index (χ1v) is 5.20. The first kappa shape index (κ1) is 11.7. The van der Waals surface area contributed by atoms with Gasteiger partial charge in [-0.15, -0.1) is 5.10 Å². The minimum Gasteiger partial charge on any atom is -0.290 e. The van der Waals surface area contributed by atoms with Gasteiger partial charge in [-0.2, -0.15) is 10.1 Å². The van der Waals surface area contributed by atoms with E-state index in [2.05, 4.69) is 20.7 Å². The summed E-state index contributed by atoms with van der Waals surface area (Å²) in [7, 11) is 1.58. The number of nitrogens with zero attached hydrogens (tertiary/aromatic N) is 5. The zero-order valence-corrected chi connectivity index (χ0v) is 9.61. The molecule has 2 rings (SSSR count). The summed E-state index contributed by atoms with van der Waals surface area (Å²) in [5, 5.41) is 22.5. The summed E-state index contributed by atoms with van der Waals surface area (Å²) < 4.78 is 0. The number of rotatable bonds is 3. The molecule has 2 aromatic rings. The van der Waals surface area contributed by atoms with Crippen molar-refractivity contribution in [2.24, 2.45) is 7.05 Å². The van der Waals surface area contributed by atoms with Crippen molar-refractivity contribution >= 4 is 11.9 Å². The Balaban J connectivity index is 2.15. The quantitative estimate of drug-likeness (QED) is 0.843. The third-order valence-corrected chi connectivity index (χ3v) is 2.27. The van der Waals surface area contributed by atoms with Gasteiger partial charge >= 0.3 is 0 Å². The first-order chi connectivity index (χ1) is 8.70. The van der Waals surface area contributed by atoms with Gasteiger partial charge in [0.1, 0.15) is 0 Å². The number of aryl methyl sites for hydroxylation is 1. The molecular formula is C11H10N6O. The Morgan fingerprint density at radius 3 is 2.72 bits per heavy atom. The van der Waals surface area contributed by atoms with Crippen molar-refractivity contribution < 1.29 is 4.79 Å². The number of tetrazole rings is 1. The monoisotopic (exact) mass is 242 g/mol. The van der Waals surface area contributed by atoms with E-state index in [9.17, 15) is 4.79 Å². The SMILES string of the molecule is Cn1nnc(NC(=O)C(C#N)c2ccccc2)n1. The highest BCUT2D eigenvalue weighted by Gasteiger charge is 2.21. The summed E-state index contributed by atoms with van der Waals surface area (Å²) in [4.78, 5) is 13.1. The fourth-order valence-electron chi connectivity index (χ4n) is 1.45. The summed E-state index contributed by atoms with van der Waals surface area (Å²) in [6.45, 7) is 0. The Kier molecular flexibility index (Phi) is 3.29. The molecule has 0 bridgehead atoms. The molecule has 0 spiro atoms. The van der Waals surface area contributed by atoms with Crippen molar-refractivity contribution in [2.75, 3.05) is 5.32 Å². The number of aromatic nitrogens is 4. The van der Waals surface area contributed by atoms with Crippen molar-refractivity contribution in [1.82, 2.24) is 20.2 Å². The van der Waals surface area contributed by atoms with Gasteiger partial charge in [0.25, 0.3) is 5.95 Å². The van der Waals surface area contributed by atoms with Crippen LogP contribution in [0.25, 0.3) is 0 Å². The molecule has 1 heterocycles. The normalized spacial score (nSPS) is 11.6. The van der Waals surface area contributed by atoms with Gasteiger partial charge in [-0.25, -0.2) is 0 Å². The average molecular weight is 242 g/mol. The third-order valence-electron chi connectivity index (χ3n) is 2.27. The molecule has 0 saturated heterocycles. The van der Waals surface area contributed by atoms with Crippen LogP contribution in [0.2, 0.25) is 0 Å². The zero-order chi connectivity index (χ0) is 13.0. The van der Waals surface area contributed by atoms with Crippen LogP contribution >= 0.6 is 0 Å². The van der Waals surface area contributed by atoms with Crippen molar-refractivity contribution in [2.45, 2.75) is 5.92 Å². The van der Waals surface area contributed by atoms with Crippen molar-refractivity contribution in [3.8, 4) is 6.07 Å². The van der Waals surface area contributed by atoms with E-state index in [4.69, 9.17) is 5.26 Å². The summed E-state index contributed by atoms with van der Waals surface area (Å²) in [5.74, 6) is -1.29. The van der Waals surface area contributed by atoms with Crippen LogP contribution in [-0.4, -0.2) is 26.1 Å². The highest BCUT2D eigenvalue weighted by Crippen LogP contribution is 2.15. The van der Waals surface area contributed by atoms with E-state index in [1.807, 2.05) is 12.1 Å². The summed E-state index contributed by atoms with van der Waals surface area (Å²) >= 11 is 0. The van der Waals surface area contributed by atoms with Gasteiger partial charge in [0.05, 0.1) is 13.1 Å². The van der Waals surface area contributed by atoms with Crippen molar-refractivity contribution in [1.29, 1.82) is 5.26 Å². The van der Waals surface area contributed by atoms with Crippen molar-refractivity contribution in [3.05, 3.63) is 35.9 Å². The second kappa shape index (κ2) is 5.05. The van der Waals surface area contributed by atoms with Gasteiger partial charge in [0.15, 0.2) is 5.92 Å². The lowest BCUT2D eigenvalue weighted by Crippen LogP contribution is -2.20. The number of carbonyl (C=O) groups is 1. The number of nitrogens with one attached hydrogen (secondary N) is 1. The second-order valence-electron chi connectivity index (χ2n) is 3.56. The number of anilines is 1. The Labute approximate surface area is 103 Å². The van der Waals surface area contributed by atoms with Crippen LogP contribution in [-0.2, 0) is 11.8 Å². The smallest absolute Gasteiger partial charge is 0.270 e. The fourth-order valence-corrected chi connectivity index (χ4v) is 1.45. The standard InChI is InChI=1S/C11H10N6O/c1-17-15-11(14-16-17)13-10(18)9(7-12)8-5-3-2-4-6-8/h2-6,9H,1H3,(H,13,15,18). The van der Waals surface area contributed by atoms with E-state index in [0.717, 1.165) is 0 Å². The van der Waals surface area contributed by atoms with Gasteiger partial charge < -0.3 is 0 Å². The number of amides is 1. The Hall–Kier alpha value is -2.75. The molecule has 1 atom stereocenters. The van der Waals surface area contributed by atoms with Crippen LogP contribution < -0.4 is 5.32 Å². The maximum Gasteiger partial charge on any atom is 0.270 e. The zero-order valence-electron chi connectivity index (χ0n) is 9.61. The van der Waals surface area contributed by atoms with E-state index in [1.165, 1.54) is 4.80 Å². The molecule has 1 unspecified atom stereocenters. The molecule has 18 heavy (non-hydrogen) atoms. The second-order valence-corrected chi connectivity index (χ2v) is 3.56. The number of hydrogen-bond donors (Lipinski definition) is 1. The van der Waals surface area contributed by atoms with E-state index >= 15 is 0 Å². The number of carbonyl (C=O) groups excluding carboxylic acids is 1. The molecule has 7 heteroatoms. The van der Waals surface area contributed by atoms with Gasteiger partial charge in [0.2, 0.25) is 5.91 Å². The van der Waals surface area contributed by atoms with Crippen LogP contribution in [0, 0.1) is 11.3 Å². The van der Waals surface area contributed by atoms with E-state index in [-0.39, 0.29) is 5.95 Å². The van der Waals surface area contributed by atoms with Gasteiger partial charge in [-0.3, -0.25) is 10.1 Å². The van der Waals surface area contributed by atoms with Crippen LogP contribution in [0.1, 0.15) is 11.5 Å². The number of benzene rings is 1. The summed E-state index contributed by atoms with van der Waals surface area (Å²) in [6.07, 6.45) is 0. The number of nitriles is 1. The Bertz CT molecular complexity index is 585. The lowest BCUT2D eigenvalue weighted by Gasteiger charge is -2.07. The largest absolute Gasteiger partial charge is 0.290 e. The van der Waals surface area contributed by atoms with Gasteiger partial charge in [-0.05, 0) is 10.8 Å². The minimum absolute atomic E-state index is 0.0821. The molecule has 0 aliphatic carbocycles. The lowest BCUT2D eigenvalue weighted by atomic mass is 10.0. The maximum absolute atomic E-state index is 11.9. The Morgan fingerprint density at radius 1 is 1.44 bits per heavy atom. The molecule has 0 aliphatic rings. The van der Waals surface area contributed by atoms with E-state index < -0.39 is 11.8 Å². The highest BCUT2D eigenvalue weighted by molar-refractivity contribution is 5.96. The fraction of sp³-hybridized carbons (Fsp3) is 0.182. The molecule has 90 valence electrons. The van der Waals surface area contributed by atoms with Crippen LogP contribution in [0.5, 0.6) is 0 Å². The van der Waals surface area contributed by atoms with Gasteiger partial charge in [-0.1, -0.05) is 35.4 Å². The predicted molar refractivity (Wildman–Crippen MR) is 62.2 cm³/mol. The molecule has 7 nitrogen and oxygen atoms in total. The van der Waals surface area contributed by atoms with Crippen LogP contribution in [0.3, 0.4) is 0 Å². The average Bonchev–Trinajstić information content (AvgIpc) is 2.77. The molecule has 0 saturated carbocycles. The first-order valence-electron chi connectivity index (χ1n) is 5.20. The molecular weight excluding hydrogens is 232 g/mol. The van der Waals surface area contributed by atoms with E-state index in [1.54, 1.807) is 31.3 Å². The van der Waals surface area contributed by atoms with Crippen LogP contribution in [0.4, 0.5) is 5.95 Å². The lowest BCUT2D eigenvalue weighted by molar-refractivity contribution is -0.116. The molecule has 0 fully saturated rings. The van der Waals surface area contributed by atoms with Gasteiger partial charge in [0, 0.05) is 0 Å². The van der Waals surface area contributed by atoms with Crippen molar-refractivity contribution in [3.63, 3.8) is 0 Å². The summed E-state index contributed by atoms with van der Waals surface area (Å²) in [6, 6.07) is 10.8. The molecule has 0 aliphatic heterocycles. The minimum atomic E-state index is -0.894. The Morgan fingerprint density at radius 2 is 2.17 bits per heavy atom. The highest BCUT2D eigenvalue weighted by atomic mass is 16.2. The topological polar surface area (TPSA) is 96.5 Å². The molecule has 1 aromatic heterocycles. The van der Waals surface area contributed by atoms with Crippen LogP contribution in [0.15, 0.2) is 30.3 Å². The van der Waals surface area contributed by atoms with E-state index in [0.29, 0.717) is 5.56 Å². The molecule has 0 radical (unpaired) electrons. The maximum atomic E-state index is 11.9. The third kappa shape index (κ3) is 2.49. The predicted octanol–water partition coefficient (Wildman–Crippen LogP) is 0.456. The summed E-state index contributed by atoms with van der Waals surface area (Å²) in [5.41, 5.74) is 0.626.